The number of benzene rings is 1. The van der Waals surface area contributed by atoms with Gasteiger partial charge in [-0.05, 0) is 29.7 Å². The molecule has 0 aliphatic carbocycles. The molecular weight excluding hydrogens is 360 g/mol. The van der Waals surface area contributed by atoms with Crippen molar-refractivity contribution < 1.29 is 8.78 Å². The van der Waals surface area contributed by atoms with Crippen LogP contribution in [0.5, 0.6) is 0 Å². The molecule has 0 bridgehead atoms. The second-order valence-electron chi connectivity index (χ2n) is 6.47. The summed E-state index contributed by atoms with van der Waals surface area (Å²) in [5.41, 5.74) is 2.29. The third-order valence-electron chi connectivity index (χ3n) is 4.79. The number of nitrogens with zero attached hydrogens (tertiary/aromatic N) is 1. The number of rotatable bonds is 3. The van der Waals surface area contributed by atoms with Crippen molar-refractivity contribution in [2.45, 2.75) is 25.7 Å². The second-order valence-corrected chi connectivity index (χ2v) is 7.29. The lowest BCUT2D eigenvalue weighted by Crippen LogP contribution is -2.24. The minimum absolute atomic E-state index is 0.134. The molecule has 0 saturated carbocycles. The summed E-state index contributed by atoms with van der Waals surface area (Å²) in [5, 5.41) is 0.159. The molecule has 4 rings (SSSR count). The average Bonchev–Trinajstić information content (AvgIpc) is 3.18. The number of H-pyrrole nitrogens is 2. The maximum atomic E-state index is 13.4. The molecule has 1 fully saturated rings. The Labute approximate surface area is 151 Å². The normalized spacial score (nSPS) is 16.5. The van der Waals surface area contributed by atoms with E-state index in [0.717, 1.165) is 28.3 Å². The van der Waals surface area contributed by atoms with E-state index in [1.54, 1.807) is 17.0 Å². The number of anilines is 1. The molecule has 136 valence electrons. The lowest BCUT2D eigenvalue weighted by molar-refractivity contribution is 0.0257. The summed E-state index contributed by atoms with van der Waals surface area (Å²) in [7, 11) is 0. The Kier molecular flexibility index (Phi) is 3.95. The fraction of sp³-hybridized carbons (Fsp3) is 0.333. The number of aromatic amines is 2. The van der Waals surface area contributed by atoms with E-state index in [1.165, 1.54) is 0 Å². The monoisotopic (exact) mass is 377 g/mol. The summed E-state index contributed by atoms with van der Waals surface area (Å²) in [6.45, 7) is 2.01. The third kappa shape index (κ3) is 2.74. The molecule has 0 atom stereocenters. The summed E-state index contributed by atoms with van der Waals surface area (Å²) < 4.78 is 30.1. The molecule has 3 aromatic rings. The molecule has 8 heteroatoms. The Hall–Kier alpha value is -2.48. The first-order valence-corrected chi connectivity index (χ1v) is 9.21. The number of hydrogen-bond donors (Lipinski definition) is 2. The van der Waals surface area contributed by atoms with Gasteiger partial charge in [0.15, 0.2) is 0 Å². The van der Waals surface area contributed by atoms with Gasteiger partial charge in [0.1, 0.15) is 5.39 Å². The van der Waals surface area contributed by atoms with Gasteiger partial charge < -0.3 is 9.88 Å². The standard InChI is InChI=1S/C18H17F2N3O2S/c1-2-12-14(21-16(24)13-15(12)26-22-17(13)25)10-3-5-11(6-4-10)23-8-7-18(19,20)9-23/h3-6H,2,7-9H2,1H3,(H,21,24)(H,22,25). The molecule has 1 aliphatic rings. The van der Waals surface area contributed by atoms with E-state index < -0.39 is 11.5 Å². The topological polar surface area (TPSA) is 69.0 Å². The highest BCUT2D eigenvalue weighted by Crippen LogP contribution is 2.33. The number of hydrogen-bond acceptors (Lipinski definition) is 4. The number of aromatic nitrogens is 2. The van der Waals surface area contributed by atoms with Gasteiger partial charge in [-0.1, -0.05) is 30.6 Å². The van der Waals surface area contributed by atoms with Crippen LogP contribution in [0, 0.1) is 0 Å². The first-order valence-electron chi connectivity index (χ1n) is 8.39. The lowest BCUT2D eigenvalue weighted by Gasteiger charge is -2.18. The summed E-state index contributed by atoms with van der Waals surface area (Å²) in [4.78, 5) is 28.6. The smallest absolute Gasteiger partial charge is 0.271 e. The Morgan fingerprint density at radius 3 is 2.54 bits per heavy atom. The minimum Gasteiger partial charge on any atom is -0.365 e. The number of halogens is 2. The van der Waals surface area contributed by atoms with Gasteiger partial charge in [-0.3, -0.25) is 14.0 Å². The van der Waals surface area contributed by atoms with Crippen molar-refractivity contribution in [1.29, 1.82) is 0 Å². The zero-order chi connectivity index (χ0) is 18.5. The van der Waals surface area contributed by atoms with E-state index >= 15 is 0 Å². The van der Waals surface area contributed by atoms with Gasteiger partial charge in [0, 0.05) is 18.7 Å². The summed E-state index contributed by atoms with van der Waals surface area (Å²) in [6, 6.07) is 7.21. The van der Waals surface area contributed by atoms with Crippen LogP contribution in [0.15, 0.2) is 33.9 Å². The molecule has 1 aromatic carbocycles. The molecule has 1 saturated heterocycles. The van der Waals surface area contributed by atoms with E-state index in [2.05, 4.69) is 9.36 Å². The zero-order valence-electron chi connectivity index (χ0n) is 14.1. The summed E-state index contributed by atoms with van der Waals surface area (Å²) >= 11 is 1.16. The number of nitrogens with one attached hydrogen (secondary N) is 2. The fourth-order valence-corrected chi connectivity index (χ4v) is 4.42. The van der Waals surface area contributed by atoms with Gasteiger partial charge >= 0.3 is 0 Å². The van der Waals surface area contributed by atoms with E-state index in [1.807, 2.05) is 19.1 Å². The van der Waals surface area contributed by atoms with Crippen molar-refractivity contribution in [2.75, 3.05) is 18.0 Å². The molecular formula is C18H17F2N3O2S. The zero-order valence-corrected chi connectivity index (χ0v) is 14.9. The predicted molar refractivity (Wildman–Crippen MR) is 99.7 cm³/mol. The Morgan fingerprint density at radius 1 is 1.19 bits per heavy atom. The van der Waals surface area contributed by atoms with Crippen molar-refractivity contribution in [2.24, 2.45) is 0 Å². The van der Waals surface area contributed by atoms with Gasteiger partial charge in [0.05, 0.1) is 16.9 Å². The number of fused-ring (bicyclic) bond motifs is 1. The van der Waals surface area contributed by atoms with Crippen molar-refractivity contribution >= 4 is 27.3 Å². The highest BCUT2D eigenvalue weighted by molar-refractivity contribution is 7.13. The van der Waals surface area contributed by atoms with Crippen LogP contribution in [-0.2, 0) is 6.42 Å². The van der Waals surface area contributed by atoms with Gasteiger partial charge in [-0.25, -0.2) is 8.78 Å². The van der Waals surface area contributed by atoms with Crippen LogP contribution in [0.4, 0.5) is 14.5 Å². The molecule has 26 heavy (non-hydrogen) atoms. The maximum absolute atomic E-state index is 13.4. The molecule has 2 aromatic heterocycles. The summed E-state index contributed by atoms with van der Waals surface area (Å²) in [6.07, 6.45) is 0.516. The van der Waals surface area contributed by atoms with Gasteiger partial charge in [0.25, 0.3) is 17.0 Å². The van der Waals surface area contributed by atoms with Crippen molar-refractivity contribution in [3.63, 3.8) is 0 Å². The van der Waals surface area contributed by atoms with E-state index in [9.17, 15) is 18.4 Å². The molecule has 0 amide bonds. The van der Waals surface area contributed by atoms with Crippen molar-refractivity contribution in [1.82, 2.24) is 9.36 Å². The molecule has 5 nitrogen and oxygen atoms in total. The number of aryl methyl sites for hydroxylation is 1. The number of pyridine rings is 1. The Morgan fingerprint density at radius 2 is 1.92 bits per heavy atom. The molecule has 2 N–H and O–H groups in total. The van der Waals surface area contributed by atoms with E-state index in [0.29, 0.717) is 23.4 Å². The molecule has 3 heterocycles. The molecule has 0 unspecified atom stereocenters. The van der Waals surface area contributed by atoms with E-state index in [4.69, 9.17) is 0 Å². The highest BCUT2D eigenvalue weighted by atomic mass is 32.1. The summed E-state index contributed by atoms with van der Waals surface area (Å²) in [5.74, 6) is -2.64. The third-order valence-corrected chi connectivity index (χ3v) is 5.73. The largest absolute Gasteiger partial charge is 0.365 e. The van der Waals surface area contributed by atoms with Gasteiger partial charge in [0.2, 0.25) is 0 Å². The van der Waals surface area contributed by atoms with E-state index in [-0.39, 0.29) is 23.9 Å². The lowest BCUT2D eigenvalue weighted by atomic mass is 10.0. The van der Waals surface area contributed by atoms with Crippen LogP contribution in [0.25, 0.3) is 21.3 Å². The van der Waals surface area contributed by atoms with Gasteiger partial charge in [-0.15, -0.1) is 0 Å². The van der Waals surface area contributed by atoms with Crippen LogP contribution in [-0.4, -0.2) is 28.4 Å². The predicted octanol–water partition coefficient (Wildman–Crippen LogP) is 3.35. The molecule has 0 spiro atoms. The molecule has 1 aliphatic heterocycles. The Bertz CT molecular complexity index is 1080. The van der Waals surface area contributed by atoms with Gasteiger partial charge in [-0.2, -0.15) is 0 Å². The van der Waals surface area contributed by atoms with Crippen LogP contribution in [0.2, 0.25) is 0 Å². The highest BCUT2D eigenvalue weighted by Gasteiger charge is 2.38. The van der Waals surface area contributed by atoms with Crippen molar-refractivity contribution in [3.05, 3.63) is 50.5 Å². The molecule has 0 radical (unpaired) electrons. The fourth-order valence-electron chi connectivity index (χ4n) is 3.47. The van der Waals surface area contributed by atoms with Crippen molar-refractivity contribution in [3.8, 4) is 11.3 Å². The Balaban J connectivity index is 1.76. The van der Waals surface area contributed by atoms with Crippen LogP contribution in [0.3, 0.4) is 0 Å². The first kappa shape index (κ1) is 17.0. The minimum atomic E-state index is -2.64. The van der Waals surface area contributed by atoms with Crippen LogP contribution >= 0.6 is 11.5 Å². The SMILES string of the molecule is CCc1c(-c2ccc(N3CCC(F)(F)C3)cc2)[nH]c(=O)c2c(=O)[nH]sc12. The second kappa shape index (κ2) is 6.05. The van der Waals surface area contributed by atoms with Crippen LogP contribution in [0.1, 0.15) is 18.9 Å². The van der Waals surface area contributed by atoms with Crippen LogP contribution < -0.4 is 16.0 Å². The maximum Gasteiger partial charge on any atom is 0.271 e. The number of alkyl halides is 2. The quantitative estimate of drug-likeness (QED) is 0.735. The first-order chi connectivity index (χ1) is 12.4. The average molecular weight is 377 g/mol.